The van der Waals surface area contributed by atoms with Gasteiger partial charge in [0.1, 0.15) is 0 Å². The Hall–Kier alpha value is -1.63. The first kappa shape index (κ1) is 18.4. The third-order valence-corrected chi connectivity index (χ3v) is 3.62. The quantitative estimate of drug-likeness (QED) is 0.697. The van der Waals surface area contributed by atoms with Crippen molar-refractivity contribution in [2.75, 3.05) is 31.5 Å². The molecule has 0 aromatic carbocycles. The molecule has 0 aliphatic carbocycles. The van der Waals surface area contributed by atoms with Gasteiger partial charge in [-0.3, -0.25) is 9.36 Å². The van der Waals surface area contributed by atoms with Crippen LogP contribution in [0.3, 0.4) is 0 Å². The monoisotopic (exact) mass is 311 g/mol. The Bertz CT molecular complexity index is 560. The molecule has 0 saturated heterocycles. The first-order valence-corrected chi connectivity index (χ1v) is 8.27. The van der Waals surface area contributed by atoms with E-state index < -0.39 is 0 Å². The zero-order valence-electron chi connectivity index (χ0n) is 14.3. The van der Waals surface area contributed by atoms with Crippen LogP contribution in [0.25, 0.3) is 0 Å². The van der Waals surface area contributed by atoms with Crippen LogP contribution in [-0.2, 0) is 13.1 Å². The van der Waals surface area contributed by atoms with Gasteiger partial charge in [-0.1, -0.05) is 27.7 Å². The van der Waals surface area contributed by atoms with Crippen molar-refractivity contribution in [3.63, 3.8) is 0 Å². The molecule has 7 nitrogen and oxygen atoms in total. The number of aromatic nitrogens is 3. The molecule has 1 aromatic rings. The van der Waals surface area contributed by atoms with Crippen molar-refractivity contribution in [1.29, 1.82) is 0 Å². The molecule has 0 atom stereocenters. The third-order valence-electron chi connectivity index (χ3n) is 3.62. The van der Waals surface area contributed by atoms with Crippen molar-refractivity contribution < 1.29 is 0 Å². The average Bonchev–Trinajstić information content (AvgIpc) is 2.52. The summed E-state index contributed by atoms with van der Waals surface area (Å²) in [7, 11) is 0. The molecular weight excluding hydrogens is 282 g/mol. The fraction of sp³-hybridized carbons (Fsp3) is 0.800. The normalized spacial score (nSPS) is 11.1. The van der Waals surface area contributed by atoms with Crippen LogP contribution < -0.4 is 16.6 Å². The zero-order valence-corrected chi connectivity index (χ0v) is 14.3. The fourth-order valence-electron chi connectivity index (χ4n) is 2.32. The molecule has 0 spiro atoms. The first-order valence-electron chi connectivity index (χ1n) is 8.27. The fourth-order valence-corrected chi connectivity index (χ4v) is 2.32. The van der Waals surface area contributed by atoms with Crippen LogP contribution in [-0.4, -0.2) is 45.4 Å². The molecule has 0 saturated carbocycles. The molecule has 7 heteroatoms. The molecular formula is C15H29N5O2. The maximum Gasteiger partial charge on any atom is 0.347 e. The minimum absolute atomic E-state index is 0.272. The summed E-state index contributed by atoms with van der Waals surface area (Å²) in [5.41, 5.74) is -0.637. The summed E-state index contributed by atoms with van der Waals surface area (Å²) in [6, 6.07) is 0. The van der Waals surface area contributed by atoms with Crippen LogP contribution in [0, 0.1) is 0 Å². The van der Waals surface area contributed by atoms with E-state index in [4.69, 9.17) is 0 Å². The first-order chi connectivity index (χ1) is 10.6. The van der Waals surface area contributed by atoms with Crippen LogP contribution in [0.2, 0.25) is 0 Å². The molecule has 0 bridgehead atoms. The molecule has 0 amide bonds. The maximum absolute atomic E-state index is 12.4. The van der Waals surface area contributed by atoms with E-state index >= 15 is 0 Å². The van der Waals surface area contributed by atoms with Crippen molar-refractivity contribution in [1.82, 2.24) is 19.2 Å². The van der Waals surface area contributed by atoms with Gasteiger partial charge in [0.25, 0.3) is 5.56 Å². The molecule has 0 radical (unpaired) electrons. The van der Waals surface area contributed by atoms with Gasteiger partial charge in [-0.15, -0.1) is 5.10 Å². The standard InChI is InChI=1S/C15H29N5O2/c1-5-10-19-14(21)13(16-9-12-18(7-3)8-4)17-20(11-6-2)15(19)22/h5-12H2,1-4H3,(H,16,17). The van der Waals surface area contributed by atoms with Crippen molar-refractivity contribution in [3.8, 4) is 0 Å². The zero-order chi connectivity index (χ0) is 16.5. The Morgan fingerprint density at radius 3 is 2.23 bits per heavy atom. The van der Waals surface area contributed by atoms with E-state index in [2.05, 4.69) is 29.2 Å². The highest BCUT2D eigenvalue weighted by molar-refractivity contribution is 5.29. The SMILES string of the molecule is CCCn1nc(NCCN(CC)CC)c(=O)n(CCC)c1=O. The predicted molar refractivity (Wildman–Crippen MR) is 89.6 cm³/mol. The molecule has 1 N–H and O–H groups in total. The Balaban J connectivity index is 2.98. The number of rotatable bonds is 10. The summed E-state index contributed by atoms with van der Waals surface area (Å²) in [5.74, 6) is 0.272. The third kappa shape index (κ3) is 4.69. The summed E-state index contributed by atoms with van der Waals surface area (Å²) in [4.78, 5) is 26.8. The van der Waals surface area contributed by atoms with E-state index in [9.17, 15) is 9.59 Å². The van der Waals surface area contributed by atoms with Gasteiger partial charge >= 0.3 is 5.69 Å². The highest BCUT2D eigenvalue weighted by Crippen LogP contribution is 1.94. The van der Waals surface area contributed by atoms with Crippen LogP contribution in [0.1, 0.15) is 40.5 Å². The second kappa shape index (κ2) is 9.40. The highest BCUT2D eigenvalue weighted by atomic mass is 16.2. The summed E-state index contributed by atoms with van der Waals surface area (Å²) in [6.45, 7) is 12.5. The van der Waals surface area contributed by atoms with E-state index in [1.54, 1.807) is 0 Å². The summed E-state index contributed by atoms with van der Waals surface area (Å²) >= 11 is 0. The molecule has 0 unspecified atom stereocenters. The molecule has 22 heavy (non-hydrogen) atoms. The van der Waals surface area contributed by atoms with E-state index in [0.29, 0.717) is 19.6 Å². The lowest BCUT2D eigenvalue weighted by Gasteiger charge is -2.18. The Morgan fingerprint density at radius 2 is 1.68 bits per heavy atom. The van der Waals surface area contributed by atoms with Gasteiger partial charge in [-0.2, -0.15) is 0 Å². The van der Waals surface area contributed by atoms with Crippen molar-refractivity contribution in [2.45, 2.75) is 53.6 Å². The van der Waals surface area contributed by atoms with Crippen molar-refractivity contribution in [3.05, 3.63) is 20.8 Å². The van der Waals surface area contributed by atoms with E-state index in [1.165, 1.54) is 9.25 Å². The summed E-state index contributed by atoms with van der Waals surface area (Å²) in [5, 5.41) is 7.29. The Labute approximate surface area is 131 Å². The number of nitrogens with one attached hydrogen (secondary N) is 1. The second-order valence-corrected chi connectivity index (χ2v) is 5.26. The van der Waals surface area contributed by atoms with Gasteiger partial charge in [0, 0.05) is 26.2 Å². The van der Waals surface area contributed by atoms with E-state index in [-0.39, 0.29) is 17.1 Å². The molecule has 0 aliphatic heterocycles. The van der Waals surface area contributed by atoms with Crippen LogP contribution in [0.15, 0.2) is 9.59 Å². The van der Waals surface area contributed by atoms with Gasteiger partial charge in [0.2, 0.25) is 5.82 Å². The minimum atomic E-state index is -0.321. The number of likely N-dealkylation sites (N-methyl/N-ethyl adjacent to an activating group) is 1. The topological polar surface area (TPSA) is 72.2 Å². The number of hydrogen-bond acceptors (Lipinski definition) is 5. The second-order valence-electron chi connectivity index (χ2n) is 5.26. The Kier molecular flexibility index (Phi) is 7.87. The minimum Gasteiger partial charge on any atom is -0.363 e. The van der Waals surface area contributed by atoms with Crippen LogP contribution in [0.4, 0.5) is 5.82 Å². The molecule has 1 heterocycles. The lowest BCUT2D eigenvalue weighted by molar-refractivity contribution is 0.315. The van der Waals surface area contributed by atoms with Crippen LogP contribution in [0.5, 0.6) is 0 Å². The van der Waals surface area contributed by atoms with Gasteiger partial charge in [0.15, 0.2) is 0 Å². The molecule has 0 aliphatic rings. The number of aryl methyl sites for hydroxylation is 1. The summed E-state index contributed by atoms with van der Waals surface area (Å²) < 4.78 is 2.67. The number of hydrogen-bond donors (Lipinski definition) is 1. The van der Waals surface area contributed by atoms with E-state index in [1.807, 2.05) is 13.8 Å². The largest absolute Gasteiger partial charge is 0.363 e. The smallest absolute Gasteiger partial charge is 0.347 e. The van der Waals surface area contributed by atoms with Crippen molar-refractivity contribution in [2.24, 2.45) is 0 Å². The summed E-state index contributed by atoms with van der Waals surface area (Å²) in [6.07, 6.45) is 1.54. The molecule has 126 valence electrons. The van der Waals surface area contributed by atoms with Crippen molar-refractivity contribution >= 4 is 5.82 Å². The number of anilines is 1. The predicted octanol–water partition coefficient (Wildman–Crippen LogP) is 0.979. The van der Waals surface area contributed by atoms with Gasteiger partial charge in [-0.25, -0.2) is 9.48 Å². The van der Waals surface area contributed by atoms with Crippen LogP contribution >= 0.6 is 0 Å². The molecule has 1 rings (SSSR count). The Morgan fingerprint density at radius 1 is 1.05 bits per heavy atom. The molecule has 0 fully saturated rings. The van der Waals surface area contributed by atoms with Gasteiger partial charge in [0.05, 0.1) is 0 Å². The number of nitrogens with zero attached hydrogens (tertiary/aromatic N) is 4. The molecule has 1 aromatic heterocycles. The lowest BCUT2D eigenvalue weighted by Crippen LogP contribution is -2.43. The van der Waals surface area contributed by atoms with Gasteiger partial charge < -0.3 is 10.2 Å². The van der Waals surface area contributed by atoms with E-state index in [0.717, 1.165) is 32.5 Å². The average molecular weight is 311 g/mol. The lowest BCUT2D eigenvalue weighted by atomic mass is 10.4. The highest BCUT2D eigenvalue weighted by Gasteiger charge is 2.12. The van der Waals surface area contributed by atoms with Gasteiger partial charge in [-0.05, 0) is 25.9 Å². The maximum atomic E-state index is 12.4.